The van der Waals surface area contributed by atoms with E-state index in [0.717, 1.165) is 55.6 Å². The van der Waals surface area contributed by atoms with Crippen LogP contribution in [0.3, 0.4) is 0 Å². The van der Waals surface area contributed by atoms with E-state index in [1.807, 2.05) is 18.2 Å². The first-order valence-electron chi connectivity index (χ1n) is 23.2. The first kappa shape index (κ1) is 40.1. The molecule has 5 nitrogen and oxygen atoms in total. The molecule has 2 heterocycles. The normalized spacial score (nSPS) is 12.7. The molecule has 0 N–H and O–H groups in total. The van der Waals surface area contributed by atoms with E-state index in [9.17, 15) is 0 Å². The Morgan fingerprint density at radius 3 is 1.25 bits per heavy atom. The van der Waals surface area contributed by atoms with Crippen LogP contribution in [0.2, 0.25) is 0 Å². The summed E-state index contributed by atoms with van der Waals surface area (Å²) >= 11 is 0. The summed E-state index contributed by atoms with van der Waals surface area (Å²) in [5.41, 5.74) is 15.8. The summed E-state index contributed by atoms with van der Waals surface area (Å²) in [6, 6.07) is 86.8. The number of fused-ring (bicyclic) bond motifs is 5. The van der Waals surface area contributed by atoms with Crippen LogP contribution in [0.5, 0.6) is 23.0 Å². The molecule has 69 heavy (non-hydrogen) atoms. The second-order valence-corrected chi connectivity index (χ2v) is 17.5. The van der Waals surface area contributed by atoms with Crippen LogP contribution >= 0.6 is 0 Å². The van der Waals surface area contributed by atoms with Crippen LogP contribution in [0.1, 0.15) is 22.3 Å². The van der Waals surface area contributed by atoms with Crippen molar-refractivity contribution in [1.29, 1.82) is 0 Å². The summed E-state index contributed by atoms with van der Waals surface area (Å²) in [4.78, 5) is 15.3. The molecule has 0 fully saturated rings. The van der Waals surface area contributed by atoms with Gasteiger partial charge >= 0.3 is 0 Å². The van der Waals surface area contributed by atoms with E-state index in [4.69, 9.17) is 24.4 Å². The summed E-state index contributed by atoms with van der Waals surface area (Å²) in [7, 11) is 0. The second-order valence-electron chi connectivity index (χ2n) is 17.5. The number of nitrogens with zero attached hydrogens (tertiary/aromatic N) is 3. The van der Waals surface area contributed by atoms with Crippen molar-refractivity contribution < 1.29 is 9.47 Å². The lowest BCUT2D eigenvalue weighted by Crippen LogP contribution is -2.28. The summed E-state index contributed by atoms with van der Waals surface area (Å²) in [6.07, 6.45) is 0. The third kappa shape index (κ3) is 6.99. The molecule has 0 saturated carbocycles. The van der Waals surface area contributed by atoms with Crippen molar-refractivity contribution in [2.45, 2.75) is 5.41 Å². The SMILES string of the molecule is c1ccc(-c2ccc(-c3nc(-c4ccc(-c5ccccc5)cc4)nc(-c4cccc(-c5ccc6c(c5)Oc5cc7c(cc5O6)C(c5ccccc5)(c5ccccc5)c5ccccc5-7)c4)n3)cc2)cc1. The fraction of sp³-hybridized carbons (Fsp3) is 0.0156. The van der Waals surface area contributed by atoms with E-state index >= 15 is 0 Å². The lowest BCUT2D eigenvalue weighted by atomic mass is 9.67. The fourth-order valence-electron chi connectivity index (χ4n) is 10.2. The predicted molar refractivity (Wildman–Crippen MR) is 276 cm³/mol. The van der Waals surface area contributed by atoms with Gasteiger partial charge in [-0.3, -0.25) is 0 Å². The number of hydrogen-bond donors (Lipinski definition) is 0. The number of ether oxygens (including phenoxy) is 2. The Kier molecular flexibility index (Phi) is 9.65. The molecular formula is C64H41N3O2. The Balaban J connectivity index is 0.862. The second kappa shape index (κ2) is 16.6. The maximum absolute atomic E-state index is 6.82. The third-order valence-electron chi connectivity index (χ3n) is 13.5. The highest BCUT2D eigenvalue weighted by Gasteiger charge is 2.47. The van der Waals surface area contributed by atoms with E-state index in [1.54, 1.807) is 0 Å². The standard InChI is InChI=1S/C64H41N3O2/c1-5-16-42(17-6-1)44-28-32-46(33-29-44)61-65-62(47-34-30-45(31-35-47)43-18-7-2-8-19-43)67-63(66-61)50-21-15-20-48(38-50)49-36-37-57-58(39-49)69-59-40-54-53-26-13-14-27-55(53)64(51-22-9-3-10-23-51,52-24-11-4-12-25-52)56(54)41-60(59)68-57/h1-41H. The Hall–Kier alpha value is -9.19. The topological polar surface area (TPSA) is 57.1 Å². The molecule has 0 spiro atoms. The van der Waals surface area contributed by atoms with Crippen molar-refractivity contribution in [2.24, 2.45) is 0 Å². The summed E-state index contributed by atoms with van der Waals surface area (Å²) in [5, 5.41) is 0. The van der Waals surface area contributed by atoms with E-state index < -0.39 is 5.41 Å². The molecule has 0 bridgehead atoms. The highest BCUT2D eigenvalue weighted by Crippen LogP contribution is 2.60. The van der Waals surface area contributed by atoms with Crippen LogP contribution in [0.4, 0.5) is 0 Å². The van der Waals surface area contributed by atoms with Crippen molar-refractivity contribution in [3.8, 4) is 102 Å². The largest absolute Gasteiger partial charge is 0.450 e. The van der Waals surface area contributed by atoms with Crippen LogP contribution in [0, 0.1) is 0 Å². The summed E-state index contributed by atoms with van der Waals surface area (Å²) in [6.45, 7) is 0. The van der Waals surface area contributed by atoms with Crippen LogP contribution in [-0.2, 0) is 5.41 Å². The molecule has 1 aliphatic heterocycles. The minimum absolute atomic E-state index is 0.540. The van der Waals surface area contributed by atoms with Crippen molar-refractivity contribution in [2.75, 3.05) is 0 Å². The van der Waals surface area contributed by atoms with E-state index in [0.29, 0.717) is 40.5 Å². The molecule has 0 radical (unpaired) electrons. The molecule has 1 aromatic heterocycles. The molecule has 0 saturated heterocycles. The molecule has 13 rings (SSSR count). The quantitative estimate of drug-likeness (QED) is 0.152. The van der Waals surface area contributed by atoms with Gasteiger partial charge in [-0.05, 0) is 97.1 Å². The first-order chi connectivity index (χ1) is 34.2. The summed E-state index contributed by atoms with van der Waals surface area (Å²) in [5.74, 6) is 4.46. The zero-order valence-electron chi connectivity index (χ0n) is 37.3. The molecule has 0 atom stereocenters. The van der Waals surface area contributed by atoms with Crippen LogP contribution in [0.15, 0.2) is 249 Å². The molecule has 0 amide bonds. The Morgan fingerprint density at radius 2 is 0.652 bits per heavy atom. The van der Waals surface area contributed by atoms with Crippen molar-refractivity contribution in [3.05, 3.63) is 271 Å². The fourth-order valence-corrected chi connectivity index (χ4v) is 10.2. The zero-order valence-corrected chi connectivity index (χ0v) is 37.3. The Morgan fingerprint density at radius 1 is 0.246 bits per heavy atom. The number of hydrogen-bond acceptors (Lipinski definition) is 5. The van der Waals surface area contributed by atoms with Gasteiger partial charge in [0.1, 0.15) is 0 Å². The van der Waals surface area contributed by atoms with Gasteiger partial charge in [0.15, 0.2) is 40.5 Å². The minimum atomic E-state index is -0.540. The van der Waals surface area contributed by atoms with Gasteiger partial charge in [0.25, 0.3) is 0 Å². The highest BCUT2D eigenvalue weighted by atomic mass is 16.6. The number of aromatic nitrogens is 3. The van der Waals surface area contributed by atoms with Crippen molar-refractivity contribution in [3.63, 3.8) is 0 Å². The van der Waals surface area contributed by atoms with Gasteiger partial charge in [-0.15, -0.1) is 0 Å². The highest BCUT2D eigenvalue weighted by molar-refractivity contribution is 5.88. The van der Waals surface area contributed by atoms with E-state index in [1.165, 1.54) is 27.8 Å². The molecule has 2 aliphatic rings. The third-order valence-corrected chi connectivity index (χ3v) is 13.5. The first-order valence-corrected chi connectivity index (χ1v) is 23.2. The molecule has 11 aromatic rings. The van der Waals surface area contributed by atoms with Crippen LogP contribution in [-0.4, -0.2) is 15.0 Å². The number of rotatable bonds is 8. The van der Waals surface area contributed by atoms with Gasteiger partial charge in [0, 0.05) is 16.7 Å². The van der Waals surface area contributed by atoms with Crippen LogP contribution in [0.25, 0.3) is 78.7 Å². The van der Waals surface area contributed by atoms with Crippen molar-refractivity contribution >= 4 is 0 Å². The average molecular weight is 884 g/mol. The van der Waals surface area contributed by atoms with Gasteiger partial charge in [0.2, 0.25) is 0 Å². The lowest BCUT2D eigenvalue weighted by Gasteiger charge is -2.34. The molecule has 10 aromatic carbocycles. The molecule has 324 valence electrons. The average Bonchev–Trinajstić information content (AvgIpc) is 3.72. The maximum Gasteiger partial charge on any atom is 0.170 e. The molecule has 5 heteroatoms. The maximum atomic E-state index is 6.82. The molecule has 0 unspecified atom stereocenters. The van der Waals surface area contributed by atoms with Gasteiger partial charge in [0.05, 0.1) is 5.41 Å². The minimum Gasteiger partial charge on any atom is -0.450 e. The lowest BCUT2D eigenvalue weighted by molar-refractivity contribution is 0.359. The predicted octanol–water partition coefficient (Wildman–Crippen LogP) is 16.1. The van der Waals surface area contributed by atoms with E-state index in [-0.39, 0.29) is 0 Å². The van der Waals surface area contributed by atoms with Gasteiger partial charge in [-0.1, -0.05) is 218 Å². The molecule has 1 aliphatic carbocycles. The Bertz CT molecular complexity index is 3550. The summed E-state index contributed by atoms with van der Waals surface area (Å²) < 4.78 is 13.6. The zero-order chi connectivity index (χ0) is 45.7. The van der Waals surface area contributed by atoms with E-state index in [2.05, 4.69) is 231 Å². The van der Waals surface area contributed by atoms with Gasteiger partial charge in [-0.25, -0.2) is 15.0 Å². The monoisotopic (exact) mass is 883 g/mol. The van der Waals surface area contributed by atoms with Gasteiger partial charge in [-0.2, -0.15) is 0 Å². The smallest absolute Gasteiger partial charge is 0.170 e. The Labute approximate surface area is 400 Å². The van der Waals surface area contributed by atoms with Crippen molar-refractivity contribution in [1.82, 2.24) is 15.0 Å². The number of benzene rings is 10. The van der Waals surface area contributed by atoms with Crippen LogP contribution < -0.4 is 9.47 Å². The molecular weight excluding hydrogens is 843 g/mol. The van der Waals surface area contributed by atoms with Gasteiger partial charge < -0.3 is 9.47 Å².